The largest absolute Gasteiger partial charge is 0.354 e. The van der Waals surface area contributed by atoms with Gasteiger partial charge in [-0.1, -0.05) is 43.3 Å². The molecule has 2 aromatic rings. The first-order chi connectivity index (χ1) is 13.0. The van der Waals surface area contributed by atoms with Crippen LogP contribution in [0.15, 0.2) is 75.9 Å². The van der Waals surface area contributed by atoms with Crippen molar-refractivity contribution in [2.45, 2.75) is 11.8 Å². The van der Waals surface area contributed by atoms with Crippen LogP contribution in [0.4, 0.5) is 5.69 Å². The number of amides is 1. The highest BCUT2D eigenvalue weighted by molar-refractivity contribution is 7.91. The maximum atomic E-state index is 12.4. The Bertz CT molecular complexity index is 1140. The summed E-state index contributed by atoms with van der Waals surface area (Å²) in [5, 5.41) is 7.40. The van der Waals surface area contributed by atoms with Gasteiger partial charge in [0.1, 0.15) is 5.71 Å². The zero-order valence-corrected chi connectivity index (χ0v) is 15.4. The van der Waals surface area contributed by atoms with Crippen molar-refractivity contribution in [2.75, 3.05) is 11.1 Å². The molecule has 2 aliphatic heterocycles. The summed E-state index contributed by atoms with van der Waals surface area (Å²) in [5.41, 5.74) is 6.38. The number of anilines is 1. The molecule has 0 unspecified atom stereocenters. The van der Waals surface area contributed by atoms with Crippen LogP contribution in [0.25, 0.3) is 6.08 Å². The molecule has 2 heterocycles. The average molecular weight is 379 g/mol. The van der Waals surface area contributed by atoms with Gasteiger partial charge in [-0.25, -0.2) is 13.8 Å². The minimum atomic E-state index is -3.35. The number of para-hydroxylation sites is 1. The number of benzene rings is 2. The average Bonchev–Trinajstić information content (AvgIpc) is 3.09. The number of hydrogen-bond donors (Lipinski definition) is 2. The molecule has 0 fully saturated rings. The fraction of sp³-hybridized carbons (Fsp3) is 0.100. The van der Waals surface area contributed by atoms with E-state index in [9.17, 15) is 13.2 Å². The van der Waals surface area contributed by atoms with Gasteiger partial charge in [-0.15, -0.1) is 0 Å². The Balaban J connectivity index is 1.79. The third-order valence-electron chi connectivity index (χ3n) is 4.51. The van der Waals surface area contributed by atoms with Crippen LogP contribution < -0.4 is 10.7 Å². The molecule has 27 heavy (non-hydrogen) atoms. The molecule has 0 aromatic heterocycles. The quantitative estimate of drug-likeness (QED) is 0.803. The number of rotatable bonds is 3. The summed E-state index contributed by atoms with van der Waals surface area (Å²) in [6, 6.07) is 14.3. The summed E-state index contributed by atoms with van der Waals surface area (Å²) < 4.78 is 24.4. The molecule has 4 rings (SSSR count). The summed E-state index contributed by atoms with van der Waals surface area (Å²) in [6.45, 7) is 1.60. The van der Waals surface area contributed by atoms with Crippen LogP contribution in [0.3, 0.4) is 0 Å². The van der Waals surface area contributed by atoms with Crippen LogP contribution in [-0.4, -0.2) is 25.8 Å². The molecule has 2 aromatic carbocycles. The highest BCUT2D eigenvalue weighted by atomic mass is 32.2. The Morgan fingerprint density at radius 2 is 1.85 bits per heavy atom. The lowest BCUT2D eigenvalue weighted by Crippen LogP contribution is -2.19. The Hall–Kier alpha value is -3.19. The van der Waals surface area contributed by atoms with E-state index in [1.54, 1.807) is 31.2 Å². The first-order valence-corrected chi connectivity index (χ1v) is 10.1. The summed E-state index contributed by atoms with van der Waals surface area (Å²) in [6.07, 6.45) is 3.75. The standard InChI is InChI=1S/C20H17N3O3S/c1-2-27(25,26)15-8-5-7-14(12-15)19-18(20(24)23-22-19)17-11-10-13-6-3-4-9-16(13)21-17/h3-12,21H,2H2,1H3,(H,23,24)/b18-17-. The number of fused-ring (bicyclic) bond motifs is 1. The Morgan fingerprint density at radius 1 is 1.04 bits per heavy atom. The molecule has 136 valence electrons. The van der Waals surface area contributed by atoms with E-state index in [0.717, 1.165) is 11.3 Å². The van der Waals surface area contributed by atoms with Crippen molar-refractivity contribution < 1.29 is 13.2 Å². The van der Waals surface area contributed by atoms with Crippen LogP contribution in [0.2, 0.25) is 0 Å². The third kappa shape index (κ3) is 3.06. The monoisotopic (exact) mass is 379 g/mol. The Labute approximate surface area is 157 Å². The van der Waals surface area contributed by atoms with Crippen LogP contribution in [0.1, 0.15) is 18.1 Å². The summed E-state index contributed by atoms with van der Waals surface area (Å²) in [5.74, 6) is -0.324. The molecular formula is C20H17N3O3S. The zero-order chi connectivity index (χ0) is 19.0. The van der Waals surface area contributed by atoms with Crippen molar-refractivity contribution in [1.82, 2.24) is 5.43 Å². The fourth-order valence-corrected chi connectivity index (χ4v) is 3.98. The second-order valence-corrected chi connectivity index (χ2v) is 8.45. The SMILES string of the molecule is CCS(=O)(=O)c1cccc(C2=NNC(=O)/C2=C2/C=Cc3ccccc3N2)c1. The molecule has 0 radical (unpaired) electrons. The van der Waals surface area contributed by atoms with E-state index in [1.807, 2.05) is 36.4 Å². The number of sulfone groups is 1. The predicted octanol–water partition coefficient (Wildman–Crippen LogP) is 2.71. The van der Waals surface area contributed by atoms with Gasteiger partial charge < -0.3 is 5.32 Å². The van der Waals surface area contributed by atoms with Gasteiger partial charge in [0, 0.05) is 11.3 Å². The topological polar surface area (TPSA) is 87.6 Å². The van der Waals surface area contributed by atoms with E-state index >= 15 is 0 Å². The van der Waals surface area contributed by atoms with Gasteiger partial charge in [0.05, 0.1) is 21.9 Å². The van der Waals surface area contributed by atoms with E-state index in [0.29, 0.717) is 22.5 Å². The smallest absolute Gasteiger partial charge is 0.275 e. The van der Waals surface area contributed by atoms with Crippen LogP contribution in [-0.2, 0) is 14.6 Å². The number of carbonyl (C=O) groups excluding carboxylic acids is 1. The lowest BCUT2D eigenvalue weighted by molar-refractivity contribution is -0.116. The maximum Gasteiger partial charge on any atom is 0.275 e. The third-order valence-corrected chi connectivity index (χ3v) is 6.24. The van der Waals surface area contributed by atoms with Crippen LogP contribution >= 0.6 is 0 Å². The van der Waals surface area contributed by atoms with Gasteiger partial charge >= 0.3 is 0 Å². The molecule has 6 nitrogen and oxygen atoms in total. The van der Waals surface area contributed by atoms with Crippen LogP contribution in [0, 0.1) is 0 Å². The van der Waals surface area contributed by atoms with E-state index in [1.165, 1.54) is 0 Å². The lowest BCUT2D eigenvalue weighted by Gasteiger charge is -2.17. The van der Waals surface area contributed by atoms with Crippen molar-refractivity contribution in [3.8, 4) is 0 Å². The molecule has 0 spiro atoms. The Kier molecular flexibility index (Phi) is 4.16. The minimum absolute atomic E-state index is 0.00906. The van der Waals surface area contributed by atoms with Crippen LogP contribution in [0.5, 0.6) is 0 Å². The highest BCUT2D eigenvalue weighted by Crippen LogP contribution is 2.28. The molecule has 2 aliphatic rings. The van der Waals surface area contributed by atoms with E-state index in [2.05, 4.69) is 15.8 Å². The molecule has 0 saturated heterocycles. The molecule has 7 heteroatoms. The van der Waals surface area contributed by atoms with Crippen molar-refractivity contribution in [2.24, 2.45) is 5.10 Å². The first kappa shape index (κ1) is 17.2. The Morgan fingerprint density at radius 3 is 2.67 bits per heavy atom. The van der Waals surface area contributed by atoms with E-state index in [-0.39, 0.29) is 16.6 Å². The van der Waals surface area contributed by atoms with E-state index < -0.39 is 9.84 Å². The number of carbonyl (C=O) groups is 1. The molecule has 1 amide bonds. The summed E-state index contributed by atoms with van der Waals surface area (Å²) in [7, 11) is -3.35. The van der Waals surface area contributed by atoms with E-state index in [4.69, 9.17) is 0 Å². The van der Waals surface area contributed by atoms with Gasteiger partial charge in [-0.2, -0.15) is 5.10 Å². The molecule has 0 saturated carbocycles. The minimum Gasteiger partial charge on any atom is -0.354 e. The number of allylic oxidation sites excluding steroid dienone is 1. The van der Waals surface area contributed by atoms with Crippen molar-refractivity contribution in [1.29, 1.82) is 0 Å². The number of hydrazone groups is 1. The lowest BCUT2D eigenvalue weighted by atomic mass is 9.98. The molecule has 0 aliphatic carbocycles. The van der Waals surface area contributed by atoms with Gasteiger partial charge in [-0.3, -0.25) is 4.79 Å². The summed E-state index contributed by atoms with van der Waals surface area (Å²) in [4.78, 5) is 12.6. The second kappa shape index (κ2) is 6.51. The number of nitrogens with one attached hydrogen (secondary N) is 2. The highest BCUT2D eigenvalue weighted by Gasteiger charge is 2.29. The van der Waals surface area contributed by atoms with Crippen molar-refractivity contribution in [3.05, 3.63) is 77.0 Å². The van der Waals surface area contributed by atoms with Gasteiger partial charge in [0.25, 0.3) is 5.91 Å². The number of nitrogens with zero attached hydrogens (tertiary/aromatic N) is 1. The zero-order valence-electron chi connectivity index (χ0n) is 14.6. The van der Waals surface area contributed by atoms with Crippen molar-refractivity contribution in [3.63, 3.8) is 0 Å². The molecular weight excluding hydrogens is 362 g/mol. The first-order valence-electron chi connectivity index (χ1n) is 8.49. The normalized spacial score (nSPS) is 18.6. The molecule has 2 N–H and O–H groups in total. The predicted molar refractivity (Wildman–Crippen MR) is 105 cm³/mol. The fourth-order valence-electron chi connectivity index (χ4n) is 3.05. The van der Waals surface area contributed by atoms with Gasteiger partial charge in [-0.05, 0) is 29.8 Å². The maximum absolute atomic E-state index is 12.4. The van der Waals surface area contributed by atoms with Gasteiger partial charge in [0.15, 0.2) is 9.84 Å². The van der Waals surface area contributed by atoms with Crippen molar-refractivity contribution >= 4 is 33.2 Å². The van der Waals surface area contributed by atoms with Gasteiger partial charge in [0.2, 0.25) is 0 Å². The number of hydrogen-bond acceptors (Lipinski definition) is 5. The summed E-state index contributed by atoms with van der Waals surface area (Å²) >= 11 is 0. The molecule has 0 bridgehead atoms. The molecule has 0 atom stereocenters. The second-order valence-electron chi connectivity index (χ2n) is 6.17.